The summed E-state index contributed by atoms with van der Waals surface area (Å²) in [6, 6.07) is 7.41. The summed E-state index contributed by atoms with van der Waals surface area (Å²) in [5.41, 5.74) is 1.51. The first-order valence-electron chi connectivity index (χ1n) is 6.96. The molecular formula is C15H16FN3O2. The van der Waals surface area contributed by atoms with Crippen molar-refractivity contribution >= 4 is 23.0 Å². The van der Waals surface area contributed by atoms with Crippen LogP contribution < -0.4 is 5.32 Å². The number of aromatic amines is 1. The third-order valence-electron chi connectivity index (χ3n) is 3.90. The Kier molecular flexibility index (Phi) is 3.60. The summed E-state index contributed by atoms with van der Waals surface area (Å²) >= 11 is 0. The predicted molar refractivity (Wildman–Crippen MR) is 76.9 cm³/mol. The molecule has 2 heterocycles. The molecule has 1 aromatic heterocycles. The third-order valence-corrected chi connectivity index (χ3v) is 3.90. The number of carbonyl (C=O) groups is 2. The van der Waals surface area contributed by atoms with Gasteiger partial charge in [-0.2, -0.15) is 0 Å². The fraction of sp³-hybridized carbons (Fsp3) is 0.333. The Morgan fingerprint density at radius 1 is 1.24 bits per heavy atom. The van der Waals surface area contributed by atoms with E-state index in [0.717, 1.165) is 15.8 Å². The maximum atomic E-state index is 12.6. The van der Waals surface area contributed by atoms with Crippen molar-refractivity contribution in [3.63, 3.8) is 0 Å². The van der Waals surface area contributed by atoms with Gasteiger partial charge < -0.3 is 15.2 Å². The van der Waals surface area contributed by atoms with Crippen LogP contribution in [0.5, 0.6) is 0 Å². The van der Waals surface area contributed by atoms with Crippen molar-refractivity contribution in [1.29, 1.82) is 0 Å². The Balaban J connectivity index is 1.62. The van der Waals surface area contributed by atoms with Crippen LogP contribution in [0.1, 0.15) is 23.2 Å². The van der Waals surface area contributed by atoms with Crippen LogP contribution >= 0.6 is 0 Å². The number of aromatic nitrogens is 1. The maximum Gasteiger partial charge on any atom is 0.400 e. The lowest BCUT2D eigenvalue weighted by molar-refractivity contribution is 0.0915. The molecule has 1 aliphatic heterocycles. The zero-order valence-electron chi connectivity index (χ0n) is 11.4. The summed E-state index contributed by atoms with van der Waals surface area (Å²) in [7, 11) is 0. The highest BCUT2D eigenvalue weighted by Gasteiger charge is 2.23. The number of hydrogen-bond acceptors (Lipinski definition) is 2. The second kappa shape index (κ2) is 5.55. The summed E-state index contributed by atoms with van der Waals surface area (Å²) in [5.74, 6) is -0.142. The first-order valence-corrected chi connectivity index (χ1v) is 6.96. The lowest BCUT2D eigenvalue weighted by Gasteiger charge is -2.30. The molecule has 1 aromatic carbocycles. The van der Waals surface area contributed by atoms with E-state index in [4.69, 9.17) is 0 Å². The number of H-pyrrole nitrogens is 1. The Morgan fingerprint density at radius 2 is 2.00 bits per heavy atom. The molecule has 5 nitrogen and oxygen atoms in total. The van der Waals surface area contributed by atoms with E-state index in [0.29, 0.717) is 31.5 Å². The quantitative estimate of drug-likeness (QED) is 0.659. The van der Waals surface area contributed by atoms with Crippen molar-refractivity contribution < 1.29 is 14.0 Å². The van der Waals surface area contributed by atoms with E-state index in [1.807, 2.05) is 24.4 Å². The van der Waals surface area contributed by atoms with Gasteiger partial charge >= 0.3 is 6.16 Å². The van der Waals surface area contributed by atoms with Gasteiger partial charge in [0.15, 0.2) is 0 Å². The monoisotopic (exact) mass is 289 g/mol. The molecule has 0 bridgehead atoms. The van der Waals surface area contributed by atoms with E-state index in [9.17, 15) is 14.0 Å². The van der Waals surface area contributed by atoms with Gasteiger partial charge in [-0.1, -0.05) is 6.07 Å². The van der Waals surface area contributed by atoms with Crippen LogP contribution in [0.25, 0.3) is 10.9 Å². The van der Waals surface area contributed by atoms with Crippen LogP contribution in [0, 0.1) is 0 Å². The summed E-state index contributed by atoms with van der Waals surface area (Å²) in [6.45, 7) is 0.686. The molecule has 1 aliphatic rings. The number of benzene rings is 1. The number of nitrogens with one attached hydrogen (secondary N) is 2. The normalized spacial score (nSPS) is 16.1. The highest BCUT2D eigenvalue weighted by Crippen LogP contribution is 2.16. The van der Waals surface area contributed by atoms with Gasteiger partial charge in [0, 0.05) is 36.4 Å². The van der Waals surface area contributed by atoms with E-state index in [2.05, 4.69) is 10.3 Å². The van der Waals surface area contributed by atoms with Crippen molar-refractivity contribution in [3.05, 3.63) is 36.0 Å². The van der Waals surface area contributed by atoms with Gasteiger partial charge in [-0.15, -0.1) is 4.39 Å². The van der Waals surface area contributed by atoms with E-state index in [-0.39, 0.29) is 11.9 Å². The Hall–Kier alpha value is -2.37. The SMILES string of the molecule is O=C(NC1CCN(C(=O)F)CC1)c1ccc2cc[nH]c2c1. The number of nitrogens with zero attached hydrogens (tertiary/aromatic N) is 1. The Morgan fingerprint density at radius 3 is 2.71 bits per heavy atom. The number of halogens is 1. The van der Waals surface area contributed by atoms with Crippen molar-refractivity contribution in [1.82, 2.24) is 15.2 Å². The van der Waals surface area contributed by atoms with Gasteiger partial charge in [-0.25, -0.2) is 4.79 Å². The number of rotatable bonds is 2. The standard InChI is InChI=1S/C15H16FN3O2/c16-15(21)19-7-4-12(5-8-19)18-14(20)11-2-1-10-3-6-17-13(10)9-11/h1-3,6,9,12,17H,4-5,7-8H2,(H,18,20). The summed E-state index contributed by atoms with van der Waals surface area (Å²) in [4.78, 5) is 27.1. The molecule has 0 saturated carbocycles. The minimum atomic E-state index is -1.39. The molecule has 0 spiro atoms. The fourth-order valence-electron chi connectivity index (χ4n) is 2.66. The molecule has 2 aromatic rings. The highest BCUT2D eigenvalue weighted by molar-refractivity contribution is 5.98. The molecule has 2 amide bonds. The summed E-state index contributed by atoms with van der Waals surface area (Å²) < 4.78 is 12.6. The predicted octanol–water partition coefficient (Wildman–Crippen LogP) is 2.45. The van der Waals surface area contributed by atoms with Crippen LogP contribution in [0.15, 0.2) is 30.5 Å². The van der Waals surface area contributed by atoms with Gasteiger partial charge in [0.25, 0.3) is 5.91 Å². The van der Waals surface area contributed by atoms with Crippen LogP contribution in [0.2, 0.25) is 0 Å². The molecule has 21 heavy (non-hydrogen) atoms. The Labute approximate surface area is 121 Å². The average Bonchev–Trinajstić information content (AvgIpc) is 2.95. The van der Waals surface area contributed by atoms with Crippen molar-refractivity contribution in [2.75, 3.05) is 13.1 Å². The number of hydrogen-bond donors (Lipinski definition) is 2. The average molecular weight is 289 g/mol. The third kappa shape index (κ3) is 2.89. The molecule has 0 unspecified atom stereocenters. The van der Waals surface area contributed by atoms with Gasteiger partial charge in [-0.05, 0) is 36.4 Å². The van der Waals surface area contributed by atoms with E-state index in [1.54, 1.807) is 6.07 Å². The van der Waals surface area contributed by atoms with Gasteiger partial charge in [0.2, 0.25) is 0 Å². The maximum absolute atomic E-state index is 12.6. The molecule has 0 atom stereocenters. The molecule has 0 aliphatic carbocycles. The second-order valence-electron chi connectivity index (χ2n) is 5.27. The van der Waals surface area contributed by atoms with Crippen molar-refractivity contribution in [3.8, 4) is 0 Å². The molecule has 3 rings (SSSR count). The molecule has 0 radical (unpaired) electrons. The number of fused-ring (bicyclic) bond motifs is 1. The van der Waals surface area contributed by atoms with Crippen molar-refractivity contribution in [2.24, 2.45) is 0 Å². The Bertz CT molecular complexity index is 674. The molecule has 6 heteroatoms. The van der Waals surface area contributed by atoms with E-state index in [1.165, 1.54) is 0 Å². The summed E-state index contributed by atoms with van der Waals surface area (Å²) in [5, 5.41) is 4.00. The number of piperidine rings is 1. The van der Waals surface area contributed by atoms with Crippen LogP contribution in [-0.2, 0) is 0 Å². The van der Waals surface area contributed by atoms with Gasteiger partial charge in [0.1, 0.15) is 0 Å². The lowest BCUT2D eigenvalue weighted by atomic mass is 10.0. The smallest absolute Gasteiger partial charge is 0.361 e. The van der Waals surface area contributed by atoms with Crippen LogP contribution in [0.4, 0.5) is 9.18 Å². The van der Waals surface area contributed by atoms with Gasteiger partial charge in [0.05, 0.1) is 0 Å². The number of likely N-dealkylation sites (tertiary alicyclic amines) is 1. The molecule has 2 N–H and O–H groups in total. The van der Waals surface area contributed by atoms with Crippen LogP contribution in [0.3, 0.4) is 0 Å². The molecular weight excluding hydrogens is 273 g/mol. The molecule has 1 fully saturated rings. The lowest BCUT2D eigenvalue weighted by Crippen LogP contribution is -2.45. The zero-order valence-corrected chi connectivity index (χ0v) is 11.4. The van der Waals surface area contributed by atoms with E-state index < -0.39 is 6.16 Å². The first kappa shape index (κ1) is 13.6. The molecule has 1 saturated heterocycles. The van der Waals surface area contributed by atoms with Crippen LogP contribution in [-0.4, -0.2) is 41.1 Å². The van der Waals surface area contributed by atoms with Gasteiger partial charge in [-0.3, -0.25) is 4.79 Å². The largest absolute Gasteiger partial charge is 0.400 e. The van der Waals surface area contributed by atoms with E-state index >= 15 is 0 Å². The highest BCUT2D eigenvalue weighted by atomic mass is 19.1. The molecule has 110 valence electrons. The second-order valence-corrected chi connectivity index (χ2v) is 5.27. The first-order chi connectivity index (χ1) is 10.1. The minimum absolute atomic E-state index is 0.0209. The zero-order chi connectivity index (χ0) is 14.8. The summed E-state index contributed by atoms with van der Waals surface area (Å²) in [6.07, 6.45) is 1.59. The fourth-order valence-corrected chi connectivity index (χ4v) is 2.66. The number of amides is 2. The number of carbonyl (C=O) groups excluding carboxylic acids is 2. The minimum Gasteiger partial charge on any atom is -0.361 e. The topological polar surface area (TPSA) is 65.2 Å². The van der Waals surface area contributed by atoms with Crippen molar-refractivity contribution in [2.45, 2.75) is 18.9 Å².